The molecule has 0 spiro atoms. The summed E-state index contributed by atoms with van der Waals surface area (Å²) >= 11 is 0. The smallest absolute Gasteiger partial charge is 0.258 e. The molecule has 0 radical (unpaired) electrons. The Morgan fingerprint density at radius 3 is 2.75 bits per heavy atom. The lowest BCUT2D eigenvalue weighted by Crippen LogP contribution is -2.43. The Kier molecular flexibility index (Phi) is 6.87. The normalized spacial score (nSPS) is 12.2. The van der Waals surface area contributed by atoms with Gasteiger partial charge in [-0.2, -0.15) is 0 Å². The molecule has 1 unspecified atom stereocenters. The quantitative estimate of drug-likeness (QED) is 0.712. The predicted octanol–water partition coefficient (Wildman–Crippen LogP) is 1.82. The minimum Gasteiger partial charge on any atom is -0.484 e. The molecule has 5 nitrogen and oxygen atoms in total. The summed E-state index contributed by atoms with van der Waals surface area (Å²) < 4.78 is 10.8. The topological polar surface area (TPSA) is 73.6 Å². The van der Waals surface area contributed by atoms with Gasteiger partial charge in [0, 0.05) is 18.4 Å². The number of nitrogen functional groups attached to an aromatic ring is 1. The lowest BCUT2D eigenvalue weighted by molar-refractivity contribution is -0.124. The lowest BCUT2D eigenvalue weighted by atomic mass is 10.1. The number of nitrogens with one attached hydrogen (secondary N) is 1. The molecule has 0 aromatic heterocycles. The molecule has 1 atom stereocenters. The molecular formula is C15H24N2O3. The molecule has 0 aliphatic heterocycles. The molecule has 0 saturated heterocycles. The van der Waals surface area contributed by atoms with Gasteiger partial charge in [-0.15, -0.1) is 0 Å². The maximum atomic E-state index is 11.9. The molecule has 1 aromatic rings. The highest BCUT2D eigenvalue weighted by Gasteiger charge is 2.16. The average Bonchev–Trinajstić information content (AvgIpc) is 2.41. The van der Waals surface area contributed by atoms with E-state index in [-0.39, 0.29) is 18.6 Å². The highest BCUT2D eigenvalue weighted by Crippen LogP contribution is 2.14. The molecule has 5 heteroatoms. The van der Waals surface area contributed by atoms with Crippen molar-refractivity contribution in [1.29, 1.82) is 0 Å². The summed E-state index contributed by atoms with van der Waals surface area (Å²) in [6, 6.07) is 7.00. The zero-order chi connectivity index (χ0) is 15.0. The average molecular weight is 280 g/mol. The van der Waals surface area contributed by atoms with E-state index in [0.29, 0.717) is 30.6 Å². The molecule has 0 bridgehead atoms. The number of nitrogens with two attached hydrogens (primary N) is 1. The van der Waals surface area contributed by atoms with Gasteiger partial charge in [-0.3, -0.25) is 4.79 Å². The van der Waals surface area contributed by atoms with E-state index in [0.717, 1.165) is 0 Å². The van der Waals surface area contributed by atoms with Gasteiger partial charge in [0.2, 0.25) is 0 Å². The van der Waals surface area contributed by atoms with Gasteiger partial charge in [-0.1, -0.05) is 19.9 Å². The van der Waals surface area contributed by atoms with Crippen LogP contribution in [-0.2, 0) is 9.53 Å². The van der Waals surface area contributed by atoms with Crippen molar-refractivity contribution in [2.45, 2.75) is 26.8 Å². The van der Waals surface area contributed by atoms with Gasteiger partial charge in [-0.25, -0.2) is 0 Å². The Hall–Kier alpha value is -1.75. The molecule has 0 aliphatic rings. The zero-order valence-corrected chi connectivity index (χ0v) is 12.4. The van der Waals surface area contributed by atoms with Crippen molar-refractivity contribution < 1.29 is 14.3 Å². The maximum Gasteiger partial charge on any atom is 0.258 e. The maximum absolute atomic E-state index is 11.9. The number of carbonyl (C=O) groups is 1. The fourth-order valence-corrected chi connectivity index (χ4v) is 1.65. The van der Waals surface area contributed by atoms with E-state index < -0.39 is 0 Å². The summed E-state index contributed by atoms with van der Waals surface area (Å²) in [7, 11) is 0. The first kappa shape index (κ1) is 16.3. The Morgan fingerprint density at radius 1 is 1.40 bits per heavy atom. The number of hydrogen-bond acceptors (Lipinski definition) is 4. The predicted molar refractivity (Wildman–Crippen MR) is 79.6 cm³/mol. The van der Waals surface area contributed by atoms with Gasteiger partial charge in [0.15, 0.2) is 6.61 Å². The Bertz CT molecular complexity index is 421. The van der Waals surface area contributed by atoms with Gasteiger partial charge < -0.3 is 20.5 Å². The summed E-state index contributed by atoms with van der Waals surface area (Å²) in [5.74, 6) is 0.731. The third kappa shape index (κ3) is 5.93. The second-order valence-electron chi connectivity index (χ2n) is 4.94. The van der Waals surface area contributed by atoms with Gasteiger partial charge in [-0.05, 0) is 25.0 Å². The van der Waals surface area contributed by atoms with Crippen molar-refractivity contribution in [3.8, 4) is 5.75 Å². The van der Waals surface area contributed by atoms with Crippen molar-refractivity contribution in [1.82, 2.24) is 5.32 Å². The SMILES string of the molecule is CCOCC(NC(=O)COc1cccc(N)c1)C(C)C. The first-order valence-corrected chi connectivity index (χ1v) is 6.88. The van der Waals surface area contributed by atoms with Crippen LogP contribution in [0.4, 0.5) is 5.69 Å². The van der Waals surface area contributed by atoms with E-state index in [1.165, 1.54) is 0 Å². The molecule has 0 fully saturated rings. The van der Waals surface area contributed by atoms with Crippen LogP contribution in [0.2, 0.25) is 0 Å². The van der Waals surface area contributed by atoms with Crippen LogP contribution in [0.1, 0.15) is 20.8 Å². The second-order valence-corrected chi connectivity index (χ2v) is 4.94. The van der Waals surface area contributed by atoms with E-state index in [9.17, 15) is 4.79 Å². The van der Waals surface area contributed by atoms with Gasteiger partial charge in [0.1, 0.15) is 5.75 Å². The number of carbonyl (C=O) groups excluding carboxylic acids is 1. The number of ether oxygens (including phenoxy) is 2. The van der Waals surface area contributed by atoms with E-state index in [2.05, 4.69) is 5.32 Å². The standard InChI is InChI=1S/C15H24N2O3/c1-4-19-9-14(11(2)3)17-15(18)10-20-13-7-5-6-12(16)8-13/h5-8,11,14H,4,9-10,16H2,1-3H3,(H,17,18). The molecule has 3 N–H and O–H groups in total. The highest BCUT2D eigenvalue weighted by atomic mass is 16.5. The van der Waals surface area contributed by atoms with Crippen LogP contribution >= 0.6 is 0 Å². The summed E-state index contributed by atoms with van der Waals surface area (Å²) in [4.78, 5) is 11.9. The van der Waals surface area contributed by atoms with Crippen molar-refractivity contribution in [3.05, 3.63) is 24.3 Å². The van der Waals surface area contributed by atoms with Gasteiger partial charge in [0.05, 0.1) is 12.6 Å². The number of hydrogen-bond donors (Lipinski definition) is 2. The molecule has 1 rings (SSSR count). The molecule has 0 aliphatic carbocycles. The molecule has 0 saturated carbocycles. The van der Waals surface area contributed by atoms with Crippen LogP contribution in [0.25, 0.3) is 0 Å². The van der Waals surface area contributed by atoms with Crippen LogP contribution in [0, 0.1) is 5.92 Å². The Balaban J connectivity index is 2.41. The van der Waals surface area contributed by atoms with Crippen LogP contribution in [-0.4, -0.2) is 31.8 Å². The van der Waals surface area contributed by atoms with Crippen LogP contribution in [0.15, 0.2) is 24.3 Å². The van der Waals surface area contributed by atoms with E-state index >= 15 is 0 Å². The van der Waals surface area contributed by atoms with Crippen LogP contribution in [0.5, 0.6) is 5.75 Å². The fourth-order valence-electron chi connectivity index (χ4n) is 1.65. The Labute approximate surface area is 120 Å². The Morgan fingerprint density at radius 2 is 2.15 bits per heavy atom. The van der Waals surface area contributed by atoms with E-state index in [1.807, 2.05) is 20.8 Å². The van der Waals surface area contributed by atoms with Crippen LogP contribution in [0.3, 0.4) is 0 Å². The van der Waals surface area contributed by atoms with Crippen molar-refractivity contribution in [2.24, 2.45) is 5.92 Å². The molecule has 1 aromatic carbocycles. The fraction of sp³-hybridized carbons (Fsp3) is 0.533. The van der Waals surface area contributed by atoms with Crippen molar-refractivity contribution in [3.63, 3.8) is 0 Å². The summed E-state index contributed by atoms with van der Waals surface area (Å²) in [6.07, 6.45) is 0. The third-order valence-electron chi connectivity index (χ3n) is 2.88. The van der Waals surface area contributed by atoms with Gasteiger partial charge in [0.25, 0.3) is 5.91 Å². The van der Waals surface area contributed by atoms with Gasteiger partial charge >= 0.3 is 0 Å². The monoisotopic (exact) mass is 280 g/mol. The van der Waals surface area contributed by atoms with Crippen molar-refractivity contribution in [2.75, 3.05) is 25.6 Å². The summed E-state index contributed by atoms with van der Waals surface area (Å²) in [5, 5.41) is 2.92. The largest absolute Gasteiger partial charge is 0.484 e. The third-order valence-corrected chi connectivity index (χ3v) is 2.88. The summed E-state index contributed by atoms with van der Waals surface area (Å²) in [5.41, 5.74) is 6.25. The van der Waals surface area contributed by atoms with E-state index in [1.54, 1.807) is 24.3 Å². The molecule has 112 valence electrons. The summed E-state index contributed by atoms with van der Waals surface area (Å²) in [6.45, 7) is 7.14. The molecule has 1 amide bonds. The first-order chi connectivity index (χ1) is 9.52. The highest BCUT2D eigenvalue weighted by molar-refractivity contribution is 5.77. The molecule has 20 heavy (non-hydrogen) atoms. The minimum atomic E-state index is -0.161. The number of rotatable bonds is 8. The zero-order valence-electron chi connectivity index (χ0n) is 12.4. The van der Waals surface area contributed by atoms with Crippen LogP contribution < -0.4 is 15.8 Å². The van der Waals surface area contributed by atoms with E-state index in [4.69, 9.17) is 15.2 Å². The number of benzene rings is 1. The van der Waals surface area contributed by atoms with Crippen molar-refractivity contribution >= 4 is 11.6 Å². The number of amides is 1. The lowest BCUT2D eigenvalue weighted by Gasteiger charge is -2.22. The minimum absolute atomic E-state index is 0.00751. The second kappa shape index (κ2) is 8.43. The molecular weight excluding hydrogens is 256 g/mol. The molecule has 0 heterocycles. The number of anilines is 1. The first-order valence-electron chi connectivity index (χ1n) is 6.88.